The third kappa shape index (κ3) is 2.23. The number of hydrogen-bond donors (Lipinski definition) is 1. The van der Waals surface area contributed by atoms with Gasteiger partial charge < -0.3 is 15.0 Å². The van der Waals surface area contributed by atoms with Crippen LogP contribution in [0.3, 0.4) is 0 Å². The van der Waals surface area contributed by atoms with Crippen LogP contribution in [0.4, 0.5) is 4.39 Å². The van der Waals surface area contributed by atoms with E-state index < -0.39 is 30.0 Å². The maximum absolute atomic E-state index is 13.7. The van der Waals surface area contributed by atoms with Crippen LogP contribution in [0.1, 0.15) is 38.1 Å². The second kappa shape index (κ2) is 4.28. The van der Waals surface area contributed by atoms with Crippen molar-refractivity contribution in [2.45, 2.75) is 38.9 Å². The molecular weight excluding hydrogens is 250 g/mol. The van der Waals surface area contributed by atoms with Gasteiger partial charge in [-0.05, 0) is 33.8 Å². The second-order valence-corrected chi connectivity index (χ2v) is 5.51. The normalized spacial score (nSPS) is 20.6. The van der Waals surface area contributed by atoms with Gasteiger partial charge in [-0.1, -0.05) is 0 Å². The third-order valence-electron chi connectivity index (χ3n) is 3.65. The smallest absolute Gasteiger partial charge is 0.398 e. The molecule has 1 saturated heterocycles. The summed E-state index contributed by atoms with van der Waals surface area (Å²) in [5.41, 5.74) is 3.78. The van der Waals surface area contributed by atoms with Crippen molar-refractivity contribution in [2.75, 3.05) is 0 Å². The molecule has 1 aliphatic rings. The quantitative estimate of drug-likeness (QED) is 0.796. The first-order chi connectivity index (χ1) is 8.66. The van der Waals surface area contributed by atoms with E-state index in [9.17, 15) is 9.18 Å². The van der Waals surface area contributed by atoms with Crippen molar-refractivity contribution in [1.29, 1.82) is 0 Å². The number of rotatable bonds is 2. The summed E-state index contributed by atoms with van der Waals surface area (Å²) < 4.78 is 25.2. The van der Waals surface area contributed by atoms with Gasteiger partial charge in [-0.3, -0.25) is 9.78 Å². The molecule has 0 unspecified atom stereocenters. The van der Waals surface area contributed by atoms with Gasteiger partial charge in [0.1, 0.15) is 5.82 Å². The molecule has 102 valence electrons. The van der Waals surface area contributed by atoms with Gasteiger partial charge in [-0.15, -0.1) is 0 Å². The summed E-state index contributed by atoms with van der Waals surface area (Å²) in [7, 11) is -0.914. The number of carbonyl (C=O) groups is 1. The molecule has 1 amide bonds. The Balaban J connectivity index is 2.46. The van der Waals surface area contributed by atoms with Gasteiger partial charge in [0, 0.05) is 6.20 Å². The number of primary amides is 1. The van der Waals surface area contributed by atoms with Crippen molar-refractivity contribution in [1.82, 2.24) is 4.98 Å². The molecular formula is C12H16BFN2O3. The Bertz CT molecular complexity index is 518. The molecule has 0 spiro atoms. The highest BCUT2D eigenvalue weighted by Crippen LogP contribution is 2.36. The van der Waals surface area contributed by atoms with Crippen LogP contribution in [-0.2, 0) is 9.31 Å². The Morgan fingerprint density at radius 1 is 1.32 bits per heavy atom. The van der Waals surface area contributed by atoms with Gasteiger partial charge in [0.05, 0.1) is 22.4 Å². The second-order valence-electron chi connectivity index (χ2n) is 5.51. The molecule has 5 nitrogen and oxygen atoms in total. The maximum atomic E-state index is 13.7. The molecule has 2 heterocycles. The van der Waals surface area contributed by atoms with E-state index in [1.807, 2.05) is 27.7 Å². The SMILES string of the molecule is CC1(C)OB(c2nccc(F)c2C(N)=O)OC1(C)C. The molecule has 1 aromatic rings. The van der Waals surface area contributed by atoms with Crippen LogP contribution >= 0.6 is 0 Å². The van der Waals surface area contributed by atoms with Crippen LogP contribution in [0.25, 0.3) is 0 Å². The Morgan fingerprint density at radius 2 is 1.84 bits per heavy atom. The molecule has 0 atom stereocenters. The van der Waals surface area contributed by atoms with Crippen LogP contribution in [0.15, 0.2) is 12.3 Å². The topological polar surface area (TPSA) is 74.4 Å². The van der Waals surface area contributed by atoms with E-state index >= 15 is 0 Å². The summed E-state index contributed by atoms with van der Waals surface area (Å²) in [5.74, 6) is -1.62. The summed E-state index contributed by atoms with van der Waals surface area (Å²) in [4.78, 5) is 15.3. The number of hydrogen-bond acceptors (Lipinski definition) is 4. The Hall–Kier alpha value is -1.47. The number of nitrogens with two attached hydrogens (primary N) is 1. The Kier molecular flexibility index (Phi) is 3.14. The molecule has 0 bridgehead atoms. The lowest BCUT2D eigenvalue weighted by Gasteiger charge is -2.32. The number of carbonyl (C=O) groups excluding carboxylic acids is 1. The van der Waals surface area contributed by atoms with Gasteiger partial charge in [0.2, 0.25) is 0 Å². The molecule has 2 rings (SSSR count). The van der Waals surface area contributed by atoms with Gasteiger partial charge >= 0.3 is 7.12 Å². The van der Waals surface area contributed by atoms with Crippen LogP contribution in [-0.4, -0.2) is 29.2 Å². The Labute approximate surface area is 111 Å². The molecule has 0 saturated carbocycles. The van der Waals surface area contributed by atoms with Crippen molar-refractivity contribution in [3.05, 3.63) is 23.6 Å². The van der Waals surface area contributed by atoms with Crippen molar-refractivity contribution >= 4 is 18.6 Å². The molecule has 1 aromatic heterocycles. The van der Waals surface area contributed by atoms with Crippen molar-refractivity contribution in [2.24, 2.45) is 5.73 Å². The van der Waals surface area contributed by atoms with Crippen LogP contribution in [0.5, 0.6) is 0 Å². The summed E-state index contributed by atoms with van der Waals surface area (Å²) in [5, 5.41) is 0. The van der Waals surface area contributed by atoms with Crippen LogP contribution < -0.4 is 11.3 Å². The van der Waals surface area contributed by atoms with E-state index in [2.05, 4.69) is 4.98 Å². The summed E-state index contributed by atoms with van der Waals surface area (Å²) in [6, 6.07) is 1.08. The molecule has 0 aliphatic carbocycles. The van der Waals surface area contributed by atoms with Crippen molar-refractivity contribution < 1.29 is 18.5 Å². The third-order valence-corrected chi connectivity index (χ3v) is 3.65. The fourth-order valence-electron chi connectivity index (χ4n) is 1.83. The molecule has 7 heteroatoms. The van der Waals surface area contributed by atoms with E-state index in [-0.39, 0.29) is 11.2 Å². The van der Waals surface area contributed by atoms with E-state index in [1.165, 1.54) is 6.20 Å². The molecule has 0 aromatic carbocycles. The van der Waals surface area contributed by atoms with Crippen LogP contribution in [0, 0.1) is 5.82 Å². The zero-order valence-electron chi connectivity index (χ0n) is 11.4. The minimum atomic E-state index is -0.914. The lowest BCUT2D eigenvalue weighted by Crippen LogP contribution is -2.42. The molecule has 0 radical (unpaired) electrons. The molecule has 19 heavy (non-hydrogen) atoms. The highest BCUT2D eigenvalue weighted by Gasteiger charge is 2.53. The summed E-state index contributed by atoms with van der Waals surface area (Å²) in [6.45, 7) is 7.43. The standard InChI is InChI=1S/C12H16BFN2O3/c1-11(2)12(3,4)19-13(18-11)9-8(10(15)17)7(14)5-6-16-9/h5-6H,1-4H3,(H2,15,17). The number of amides is 1. The van der Waals surface area contributed by atoms with Crippen LogP contribution in [0.2, 0.25) is 0 Å². The number of halogens is 1. The summed E-state index contributed by atoms with van der Waals surface area (Å²) >= 11 is 0. The average Bonchev–Trinajstić information content (AvgIpc) is 2.47. The van der Waals surface area contributed by atoms with E-state index in [0.717, 1.165) is 6.07 Å². The van der Waals surface area contributed by atoms with Gasteiger partial charge in [0.25, 0.3) is 5.91 Å². The van der Waals surface area contributed by atoms with E-state index in [1.54, 1.807) is 0 Å². The fraction of sp³-hybridized carbons (Fsp3) is 0.500. The van der Waals surface area contributed by atoms with E-state index in [4.69, 9.17) is 15.0 Å². The first-order valence-electron chi connectivity index (χ1n) is 5.95. The Morgan fingerprint density at radius 3 is 2.32 bits per heavy atom. The monoisotopic (exact) mass is 266 g/mol. The predicted octanol–water partition coefficient (Wildman–Crippen LogP) is 0.619. The predicted molar refractivity (Wildman–Crippen MR) is 68.4 cm³/mol. The lowest BCUT2D eigenvalue weighted by molar-refractivity contribution is 0.00578. The van der Waals surface area contributed by atoms with Gasteiger partial charge in [0.15, 0.2) is 0 Å². The minimum Gasteiger partial charge on any atom is -0.398 e. The zero-order chi connectivity index (χ0) is 14.4. The lowest BCUT2D eigenvalue weighted by atomic mass is 9.80. The highest BCUT2D eigenvalue weighted by atomic mass is 19.1. The first kappa shape index (κ1) is 14.0. The van der Waals surface area contributed by atoms with Crippen molar-refractivity contribution in [3.8, 4) is 0 Å². The molecule has 1 fully saturated rings. The largest absolute Gasteiger partial charge is 0.515 e. The first-order valence-corrected chi connectivity index (χ1v) is 5.95. The van der Waals surface area contributed by atoms with Gasteiger partial charge in [-0.25, -0.2) is 4.39 Å². The summed E-state index contributed by atoms with van der Waals surface area (Å²) in [6.07, 6.45) is 1.25. The fourth-order valence-corrected chi connectivity index (χ4v) is 1.83. The average molecular weight is 266 g/mol. The zero-order valence-corrected chi connectivity index (χ0v) is 11.4. The number of nitrogens with zero attached hydrogens (tertiary/aromatic N) is 1. The maximum Gasteiger partial charge on any atom is 0.515 e. The van der Waals surface area contributed by atoms with E-state index in [0.29, 0.717) is 0 Å². The highest BCUT2D eigenvalue weighted by molar-refractivity contribution is 6.62. The number of pyridine rings is 1. The molecule has 1 aliphatic heterocycles. The number of aromatic nitrogens is 1. The minimum absolute atomic E-state index is 0.0751. The molecule has 2 N–H and O–H groups in total. The van der Waals surface area contributed by atoms with Crippen molar-refractivity contribution in [3.63, 3.8) is 0 Å². The van der Waals surface area contributed by atoms with Gasteiger partial charge in [-0.2, -0.15) is 0 Å².